The molecular formula is C20H22N4O2. The zero-order valence-corrected chi connectivity index (χ0v) is 15.1. The molecule has 1 unspecified atom stereocenters. The molecule has 0 spiro atoms. The Morgan fingerprint density at radius 1 is 1.12 bits per heavy atom. The molecule has 0 aliphatic rings. The third-order valence-electron chi connectivity index (χ3n) is 4.27. The SMILES string of the molecule is CCC(C)NC(=O)c1nc(C(=O)Nc2ccc(C)cc2)c2ccccn12. The molecule has 6 nitrogen and oxygen atoms in total. The van der Waals surface area contributed by atoms with Crippen LogP contribution < -0.4 is 10.6 Å². The number of amides is 2. The highest BCUT2D eigenvalue weighted by atomic mass is 16.2. The van der Waals surface area contributed by atoms with Crippen molar-refractivity contribution in [1.82, 2.24) is 14.7 Å². The van der Waals surface area contributed by atoms with Crippen molar-refractivity contribution in [2.24, 2.45) is 0 Å². The fourth-order valence-electron chi connectivity index (χ4n) is 2.58. The van der Waals surface area contributed by atoms with Crippen molar-refractivity contribution in [1.29, 1.82) is 0 Å². The fraction of sp³-hybridized carbons (Fsp3) is 0.250. The van der Waals surface area contributed by atoms with Crippen LogP contribution in [0.25, 0.3) is 5.52 Å². The molecule has 0 saturated heterocycles. The predicted octanol–water partition coefficient (Wildman–Crippen LogP) is 3.42. The van der Waals surface area contributed by atoms with Crippen LogP contribution in [0.4, 0.5) is 5.69 Å². The molecule has 2 amide bonds. The molecular weight excluding hydrogens is 328 g/mol. The maximum absolute atomic E-state index is 12.7. The number of aromatic nitrogens is 2. The number of aryl methyl sites for hydroxylation is 1. The van der Waals surface area contributed by atoms with Gasteiger partial charge in [-0.2, -0.15) is 0 Å². The van der Waals surface area contributed by atoms with E-state index >= 15 is 0 Å². The maximum atomic E-state index is 12.7. The third kappa shape index (κ3) is 3.59. The number of nitrogens with zero attached hydrogens (tertiary/aromatic N) is 2. The molecule has 6 heteroatoms. The average molecular weight is 350 g/mol. The molecule has 0 aliphatic carbocycles. The minimum absolute atomic E-state index is 0.0309. The van der Waals surface area contributed by atoms with Gasteiger partial charge >= 0.3 is 0 Å². The summed E-state index contributed by atoms with van der Waals surface area (Å²) in [4.78, 5) is 29.6. The van der Waals surface area contributed by atoms with Crippen molar-refractivity contribution >= 4 is 23.0 Å². The zero-order valence-electron chi connectivity index (χ0n) is 15.1. The van der Waals surface area contributed by atoms with Crippen LogP contribution >= 0.6 is 0 Å². The number of carbonyl (C=O) groups is 2. The van der Waals surface area contributed by atoms with E-state index in [4.69, 9.17) is 0 Å². The Labute approximate surface area is 152 Å². The number of rotatable bonds is 5. The minimum atomic E-state index is -0.347. The first-order valence-corrected chi connectivity index (χ1v) is 8.65. The Bertz CT molecular complexity index is 944. The molecule has 0 bridgehead atoms. The van der Waals surface area contributed by atoms with Crippen molar-refractivity contribution in [3.8, 4) is 0 Å². The summed E-state index contributed by atoms with van der Waals surface area (Å²) >= 11 is 0. The number of anilines is 1. The Morgan fingerprint density at radius 2 is 1.85 bits per heavy atom. The van der Waals surface area contributed by atoms with Crippen molar-refractivity contribution in [3.05, 3.63) is 65.7 Å². The average Bonchev–Trinajstić information content (AvgIpc) is 3.03. The summed E-state index contributed by atoms with van der Waals surface area (Å²) < 4.78 is 1.64. The van der Waals surface area contributed by atoms with Crippen molar-refractivity contribution in [2.45, 2.75) is 33.2 Å². The van der Waals surface area contributed by atoms with E-state index in [9.17, 15) is 9.59 Å². The van der Waals surface area contributed by atoms with Gasteiger partial charge in [-0.1, -0.05) is 30.7 Å². The van der Waals surface area contributed by atoms with Crippen LogP contribution in [0.2, 0.25) is 0 Å². The quantitative estimate of drug-likeness (QED) is 0.740. The number of nitrogens with one attached hydrogen (secondary N) is 2. The third-order valence-corrected chi connectivity index (χ3v) is 4.27. The maximum Gasteiger partial charge on any atom is 0.287 e. The van der Waals surface area contributed by atoms with Crippen molar-refractivity contribution < 1.29 is 9.59 Å². The minimum Gasteiger partial charge on any atom is -0.347 e. The lowest BCUT2D eigenvalue weighted by Gasteiger charge is -2.10. The topological polar surface area (TPSA) is 75.5 Å². The number of hydrogen-bond donors (Lipinski definition) is 2. The van der Waals surface area contributed by atoms with Crippen LogP contribution in [0.15, 0.2) is 48.7 Å². The lowest BCUT2D eigenvalue weighted by atomic mass is 10.2. The molecule has 26 heavy (non-hydrogen) atoms. The van der Waals surface area contributed by atoms with Crippen LogP contribution in [0, 0.1) is 6.92 Å². The van der Waals surface area contributed by atoms with E-state index in [-0.39, 0.29) is 29.4 Å². The number of fused-ring (bicyclic) bond motifs is 1. The second kappa shape index (κ2) is 7.39. The molecule has 0 fully saturated rings. The molecule has 134 valence electrons. The van der Waals surface area contributed by atoms with Gasteiger partial charge in [-0.15, -0.1) is 0 Å². The second-order valence-corrected chi connectivity index (χ2v) is 6.34. The van der Waals surface area contributed by atoms with E-state index in [2.05, 4.69) is 15.6 Å². The highest BCUT2D eigenvalue weighted by molar-refractivity contribution is 6.08. The monoisotopic (exact) mass is 350 g/mol. The van der Waals surface area contributed by atoms with Gasteiger partial charge in [0.05, 0.1) is 5.52 Å². The zero-order chi connectivity index (χ0) is 18.7. The molecule has 3 aromatic rings. The van der Waals surface area contributed by atoms with E-state index in [1.165, 1.54) is 0 Å². The highest BCUT2D eigenvalue weighted by Gasteiger charge is 2.22. The number of hydrogen-bond acceptors (Lipinski definition) is 3. The van der Waals surface area contributed by atoms with Crippen molar-refractivity contribution in [3.63, 3.8) is 0 Å². The van der Waals surface area contributed by atoms with Crippen LogP contribution in [0.3, 0.4) is 0 Å². The Balaban J connectivity index is 1.94. The van der Waals surface area contributed by atoms with Gasteiger partial charge in [0.1, 0.15) is 0 Å². The second-order valence-electron chi connectivity index (χ2n) is 6.34. The first-order valence-electron chi connectivity index (χ1n) is 8.65. The number of pyridine rings is 1. The van der Waals surface area contributed by atoms with Gasteiger partial charge in [0.15, 0.2) is 5.69 Å². The van der Waals surface area contributed by atoms with E-state index in [1.54, 1.807) is 22.7 Å². The molecule has 1 atom stereocenters. The lowest BCUT2D eigenvalue weighted by molar-refractivity contribution is 0.0928. The van der Waals surface area contributed by atoms with Gasteiger partial charge in [0, 0.05) is 17.9 Å². The normalized spacial score (nSPS) is 12.0. The summed E-state index contributed by atoms with van der Waals surface area (Å²) in [5.41, 5.74) is 2.61. The summed E-state index contributed by atoms with van der Waals surface area (Å²) in [5.74, 6) is -0.440. The number of benzene rings is 1. The summed E-state index contributed by atoms with van der Waals surface area (Å²) in [6.07, 6.45) is 2.55. The lowest BCUT2D eigenvalue weighted by Crippen LogP contribution is -2.33. The van der Waals surface area contributed by atoms with Crippen LogP contribution in [0.5, 0.6) is 0 Å². The Kier molecular flexibility index (Phi) is 5.02. The summed E-state index contributed by atoms with van der Waals surface area (Å²) in [7, 11) is 0. The molecule has 0 radical (unpaired) electrons. The molecule has 0 aliphatic heterocycles. The highest BCUT2D eigenvalue weighted by Crippen LogP contribution is 2.16. The molecule has 2 aromatic heterocycles. The Morgan fingerprint density at radius 3 is 2.54 bits per heavy atom. The molecule has 1 aromatic carbocycles. The smallest absolute Gasteiger partial charge is 0.287 e. The summed E-state index contributed by atoms with van der Waals surface area (Å²) in [6.45, 7) is 5.91. The van der Waals surface area contributed by atoms with E-state index in [0.29, 0.717) is 11.2 Å². The van der Waals surface area contributed by atoms with Gasteiger partial charge < -0.3 is 10.6 Å². The first-order chi connectivity index (χ1) is 12.5. The van der Waals surface area contributed by atoms with Crippen LogP contribution in [-0.2, 0) is 0 Å². The van der Waals surface area contributed by atoms with E-state index in [0.717, 1.165) is 12.0 Å². The summed E-state index contributed by atoms with van der Waals surface area (Å²) in [5, 5.41) is 5.73. The number of imidazole rings is 1. The van der Waals surface area contributed by atoms with Gasteiger partial charge in [-0.05, 0) is 44.5 Å². The predicted molar refractivity (Wildman–Crippen MR) is 102 cm³/mol. The number of carbonyl (C=O) groups excluding carboxylic acids is 2. The largest absolute Gasteiger partial charge is 0.347 e. The molecule has 2 heterocycles. The van der Waals surface area contributed by atoms with Crippen molar-refractivity contribution in [2.75, 3.05) is 5.32 Å². The van der Waals surface area contributed by atoms with Gasteiger partial charge in [-0.25, -0.2) is 4.98 Å². The first kappa shape index (κ1) is 17.7. The molecule has 2 N–H and O–H groups in total. The van der Waals surface area contributed by atoms with Gasteiger partial charge in [-0.3, -0.25) is 14.0 Å². The van der Waals surface area contributed by atoms with Crippen LogP contribution in [-0.4, -0.2) is 27.2 Å². The standard InChI is InChI=1S/C20H22N4O2/c1-4-14(3)21-20(26)18-23-17(16-7-5-6-12-24(16)18)19(25)22-15-10-8-13(2)9-11-15/h5-12,14H,4H2,1-3H3,(H,21,26)(H,22,25). The Hall–Kier alpha value is -3.15. The van der Waals surface area contributed by atoms with Gasteiger partial charge in [0.2, 0.25) is 5.82 Å². The van der Waals surface area contributed by atoms with E-state index < -0.39 is 0 Å². The fourth-order valence-corrected chi connectivity index (χ4v) is 2.58. The molecule has 3 rings (SSSR count). The molecule has 0 saturated carbocycles. The van der Waals surface area contributed by atoms with Gasteiger partial charge in [0.25, 0.3) is 11.8 Å². The van der Waals surface area contributed by atoms with Crippen LogP contribution in [0.1, 0.15) is 46.9 Å². The van der Waals surface area contributed by atoms with E-state index in [1.807, 2.05) is 51.1 Å². The summed E-state index contributed by atoms with van der Waals surface area (Å²) in [6, 6.07) is 12.9.